The van der Waals surface area contributed by atoms with Crippen LogP contribution in [0.1, 0.15) is 0 Å². The van der Waals surface area contributed by atoms with E-state index in [0.717, 1.165) is 67.6 Å². The van der Waals surface area contributed by atoms with Gasteiger partial charge in [0.15, 0.2) is 0 Å². The van der Waals surface area contributed by atoms with Crippen LogP contribution >= 0.6 is 24.8 Å². The molecule has 0 bridgehead atoms. The summed E-state index contributed by atoms with van der Waals surface area (Å²) in [6.07, 6.45) is 0. The molecule has 1 aliphatic rings. The van der Waals surface area contributed by atoms with Gasteiger partial charge in [0.1, 0.15) is 11.6 Å². The number of ether oxygens (including phenoxy) is 2. The standard InChI is InChI=1S/C22H25N3O2.2ClH/c1-26-19-8-6-17(7-9-19)21-16-18-4-2-3-5-20(18)22(24-21)23-10-11-25-12-14-27-15-13-25;;/h2-9,16H,10-15H2,1H3,(H,23,24);2*1H. The Morgan fingerprint density at radius 3 is 2.48 bits per heavy atom. The third-order valence-corrected chi connectivity index (χ3v) is 4.95. The third-order valence-electron chi connectivity index (χ3n) is 4.95. The summed E-state index contributed by atoms with van der Waals surface area (Å²) in [6, 6.07) is 18.6. The van der Waals surface area contributed by atoms with E-state index in [4.69, 9.17) is 14.5 Å². The van der Waals surface area contributed by atoms with Gasteiger partial charge < -0.3 is 14.8 Å². The molecule has 2 aromatic carbocycles. The fourth-order valence-corrected chi connectivity index (χ4v) is 3.40. The molecule has 0 radical (unpaired) electrons. The van der Waals surface area contributed by atoms with Gasteiger partial charge in [0, 0.05) is 37.1 Å². The molecule has 29 heavy (non-hydrogen) atoms. The van der Waals surface area contributed by atoms with Crippen molar-refractivity contribution in [2.24, 2.45) is 0 Å². The molecule has 1 aliphatic heterocycles. The van der Waals surface area contributed by atoms with E-state index in [2.05, 4.69) is 40.5 Å². The van der Waals surface area contributed by atoms with Crippen LogP contribution in [0.4, 0.5) is 5.82 Å². The van der Waals surface area contributed by atoms with Crippen molar-refractivity contribution in [3.8, 4) is 17.0 Å². The Morgan fingerprint density at radius 1 is 1.03 bits per heavy atom. The zero-order valence-corrected chi connectivity index (χ0v) is 18.1. The minimum absolute atomic E-state index is 0. The van der Waals surface area contributed by atoms with Crippen molar-refractivity contribution >= 4 is 41.4 Å². The summed E-state index contributed by atoms with van der Waals surface area (Å²) in [5.41, 5.74) is 2.04. The minimum atomic E-state index is 0. The highest BCUT2D eigenvalue weighted by atomic mass is 35.5. The number of hydrogen-bond acceptors (Lipinski definition) is 5. The lowest BCUT2D eigenvalue weighted by atomic mass is 10.1. The number of halogens is 2. The fourth-order valence-electron chi connectivity index (χ4n) is 3.40. The molecule has 2 heterocycles. The topological polar surface area (TPSA) is 46.6 Å². The summed E-state index contributed by atoms with van der Waals surface area (Å²) < 4.78 is 10.7. The first kappa shape index (κ1) is 23.2. The molecule has 0 spiro atoms. The number of anilines is 1. The maximum absolute atomic E-state index is 5.42. The maximum Gasteiger partial charge on any atom is 0.134 e. The molecule has 3 aromatic rings. The summed E-state index contributed by atoms with van der Waals surface area (Å²) in [6.45, 7) is 5.51. The number of rotatable bonds is 6. The predicted molar refractivity (Wildman–Crippen MR) is 124 cm³/mol. The second-order valence-corrected chi connectivity index (χ2v) is 6.69. The molecule has 7 heteroatoms. The number of hydrogen-bond donors (Lipinski definition) is 1. The molecule has 0 saturated carbocycles. The van der Waals surface area contributed by atoms with E-state index in [-0.39, 0.29) is 24.8 Å². The molecule has 4 rings (SSSR count). The van der Waals surface area contributed by atoms with Gasteiger partial charge in [-0.1, -0.05) is 24.3 Å². The largest absolute Gasteiger partial charge is 0.497 e. The third kappa shape index (κ3) is 5.73. The van der Waals surface area contributed by atoms with Crippen molar-refractivity contribution in [2.75, 3.05) is 51.8 Å². The van der Waals surface area contributed by atoms with Crippen LogP contribution in [0.3, 0.4) is 0 Å². The monoisotopic (exact) mass is 435 g/mol. The number of benzene rings is 2. The van der Waals surface area contributed by atoms with Crippen LogP contribution in [0.2, 0.25) is 0 Å². The summed E-state index contributed by atoms with van der Waals surface area (Å²) >= 11 is 0. The number of aromatic nitrogens is 1. The van der Waals surface area contributed by atoms with Gasteiger partial charge in [-0.2, -0.15) is 0 Å². The molecule has 0 atom stereocenters. The molecule has 0 aliphatic carbocycles. The van der Waals surface area contributed by atoms with Gasteiger partial charge in [0.25, 0.3) is 0 Å². The van der Waals surface area contributed by atoms with Crippen molar-refractivity contribution in [3.05, 3.63) is 54.6 Å². The molecule has 1 N–H and O–H groups in total. The zero-order valence-electron chi connectivity index (χ0n) is 16.5. The normalized spacial score (nSPS) is 14.0. The van der Waals surface area contributed by atoms with Gasteiger partial charge in [-0.25, -0.2) is 4.98 Å². The molecule has 1 fully saturated rings. The quantitative estimate of drug-likeness (QED) is 0.617. The molecular weight excluding hydrogens is 409 g/mol. The van der Waals surface area contributed by atoms with Gasteiger partial charge >= 0.3 is 0 Å². The Morgan fingerprint density at radius 2 is 1.76 bits per heavy atom. The first-order valence-electron chi connectivity index (χ1n) is 9.42. The van der Waals surface area contributed by atoms with Crippen LogP contribution in [0, 0.1) is 0 Å². The van der Waals surface area contributed by atoms with Crippen molar-refractivity contribution in [3.63, 3.8) is 0 Å². The van der Waals surface area contributed by atoms with E-state index in [1.165, 1.54) is 5.39 Å². The van der Waals surface area contributed by atoms with Gasteiger partial charge in [0.2, 0.25) is 0 Å². The number of methoxy groups -OCH3 is 1. The lowest BCUT2D eigenvalue weighted by molar-refractivity contribution is 0.0398. The molecule has 0 amide bonds. The summed E-state index contributed by atoms with van der Waals surface area (Å²) in [4.78, 5) is 7.34. The molecule has 1 saturated heterocycles. The smallest absolute Gasteiger partial charge is 0.134 e. The highest BCUT2D eigenvalue weighted by Crippen LogP contribution is 2.28. The molecule has 1 aromatic heterocycles. The van der Waals surface area contributed by atoms with Crippen molar-refractivity contribution < 1.29 is 9.47 Å². The maximum atomic E-state index is 5.42. The Labute approximate surface area is 184 Å². The Hall–Kier alpha value is -2.05. The second-order valence-electron chi connectivity index (χ2n) is 6.69. The van der Waals surface area contributed by atoms with Gasteiger partial charge in [-0.3, -0.25) is 4.90 Å². The van der Waals surface area contributed by atoms with Gasteiger partial charge in [-0.05, 0) is 35.7 Å². The van der Waals surface area contributed by atoms with Crippen LogP contribution in [-0.4, -0.2) is 56.4 Å². The summed E-state index contributed by atoms with van der Waals surface area (Å²) in [5, 5.41) is 5.89. The first-order valence-corrected chi connectivity index (χ1v) is 9.42. The van der Waals surface area contributed by atoms with Crippen LogP contribution in [0.5, 0.6) is 5.75 Å². The van der Waals surface area contributed by atoms with Crippen molar-refractivity contribution in [1.82, 2.24) is 9.88 Å². The average molecular weight is 436 g/mol. The zero-order chi connectivity index (χ0) is 18.5. The van der Waals surface area contributed by atoms with Gasteiger partial charge in [-0.15, -0.1) is 24.8 Å². The number of nitrogens with one attached hydrogen (secondary N) is 1. The van der Waals surface area contributed by atoms with E-state index >= 15 is 0 Å². The van der Waals surface area contributed by atoms with Crippen LogP contribution in [-0.2, 0) is 4.74 Å². The Kier molecular flexibility index (Phi) is 8.99. The first-order chi connectivity index (χ1) is 13.3. The Balaban J connectivity index is 0.00000150. The molecule has 0 unspecified atom stereocenters. The number of nitrogens with zero attached hydrogens (tertiary/aromatic N) is 2. The van der Waals surface area contributed by atoms with Gasteiger partial charge in [0.05, 0.1) is 26.0 Å². The number of fused-ring (bicyclic) bond motifs is 1. The second kappa shape index (κ2) is 11.2. The molecule has 156 valence electrons. The van der Waals surface area contributed by atoms with Crippen LogP contribution in [0.25, 0.3) is 22.0 Å². The van der Waals surface area contributed by atoms with Crippen LogP contribution < -0.4 is 10.1 Å². The summed E-state index contributed by atoms with van der Waals surface area (Å²) in [7, 11) is 1.68. The lowest BCUT2D eigenvalue weighted by Gasteiger charge is -2.26. The lowest BCUT2D eigenvalue weighted by Crippen LogP contribution is -2.39. The number of pyridine rings is 1. The minimum Gasteiger partial charge on any atom is -0.497 e. The van der Waals surface area contributed by atoms with E-state index in [1.54, 1.807) is 7.11 Å². The van der Waals surface area contributed by atoms with E-state index < -0.39 is 0 Å². The fraction of sp³-hybridized carbons (Fsp3) is 0.318. The van der Waals surface area contributed by atoms with E-state index in [9.17, 15) is 0 Å². The van der Waals surface area contributed by atoms with E-state index in [0.29, 0.717) is 0 Å². The van der Waals surface area contributed by atoms with Crippen molar-refractivity contribution in [2.45, 2.75) is 0 Å². The number of morpholine rings is 1. The van der Waals surface area contributed by atoms with Crippen LogP contribution in [0.15, 0.2) is 54.6 Å². The van der Waals surface area contributed by atoms with Crippen molar-refractivity contribution in [1.29, 1.82) is 0 Å². The highest BCUT2D eigenvalue weighted by Gasteiger charge is 2.11. The Bertz CT molecular complexity index is 900. The average Bonchev–Trinajstić information content (AvgIpc) is 2.74. The SMILES string of the molecule is COc1ccc(-c2cc3ccccc3c(NCCN3CCOCC3)n2)cc1.Cl.Cl. The summed E-state index contributed by atoms with van der Waals surface area (Å²) in [5.74, 6) is 1.79. The molecular formula is C22H27Cl2N3O2. The highest BCUT2D eigenvalue weighted by molar-refractivity contribution is 5.94. The predicted octanol–water partition coefficient (Wildman–Crippen LogP) is 4.50. The molecule has 5 nitrogen and oxygen atoms in total. The van der Waals surface area contributed by atoms with E-state index in [1.807, 2.05) is 24.3 Å².